The second-order valence-electron chi connectivity index (χ2n) is 4.74. The number of hydrogen-bond acceptors (Lipinski definition) is 4. The Morgan fingerprint density at radius 1 is 1.10 bits per heavy atom. The van der Waals surface area contributed by atoms with E-state index < -0.39 is 17.8 Å². The topological polar surface area (TPSA) is 84.5 Å². The minimum atomic E-state index is -0.811. The molecule has 0 spiro atoms. The number of urea groups is 1. The van der Waals surface area contributed by atoms with Crippen LogP contribution in [0.1, 0.15) is 12.5 Å². The van der Waals surface area contributed by atoms with Gasteiger partial charge in [0.2, 0.25) is 0 Å². The standard InChI is InChI=1S/C15H12N2O4/c1-8-10(6-9-4-2-3-5-12(9)21-8)7-11-13(18)16-15(20)17-14(11)19/h2-8H,1H3,(H2,16,17,18,19,20). The van der Waals surface area contributed by atoms with Gasteiger partial charge in [0.1, 0.15) is 17.4 Å². The first-order chi connectivity index (χ1) is 10.0. The number of nitrogens with one attached hydrogen (secondary N) is 2. The maximum atomic E-state index is 11.7. The van der Waals surface area contributed by atoms with Crippen molar-refractivity contribution in [3.05, 3.63) is 47.1 Å². The summed E-state index contributed by atoms with van der Waals surface area (Å²) in [5.41, 5.74) is 1.44. The largest absolute Gasteiger partial charge is 0.485 e. The van der Waals surface area contributed by atoms with Gasteiger partial charge in [0.15, 0.2) is 0 Å². The molecule has 6 heteroatoms. The van der Waals surface area contributed by atoms with Crippen molar-refractivity contribution in [2.75, 3.05) is 0 Å². The van der Waals surface area contributed by atoms with Gasteiger partial charge >= 0.3 is 6.03 Å². The Labute approximate surface area is 120 Å². The van der Waals surface area contributed by atoms with Crippen molar-refractivity contribution in [1.82, 2.24) is 10.6 Å². The van der Waals surface area contributed by atoms with Gasteiger partial charge in [-0.15, -0.1) is 0 Å². The number of amides is 4. The molecule has 21 heavy (non-hydrogen) atoms. The zero-order valence-corrected chi connectivity index (χ0v) is 11.2. The molecule has 0 radical (unpaired) electrons. The third-order valence-electron chi connectivity index (χ3n) is 3.27. The predicted octanol–water partition coefficient (Wildman–Crippen LogP) is 1.14. The molecular formula is C15H12N2O4. The average molecular weight is 284 g/mol. The van der Waals surface area contributed by atoms with E-state index in [1.165, 1.54) is 6.08 Å². The van der Waals surface area contributed by atoms with E-state index in [9.17, 15) is 14.4 Å². The molecule has 1 unspecified atom stereocenters. The van der Waals surface area contributed by atoms with Crippen LogP contribution in [0, 0.1) is 0 Å². The molecule has 0 saturated carbocycles. The first-order valence-corrected chi connectivity index (χ1v) is 6.40. The van der Waals surface area contributed by atoms with Crippen molar-refractivity contribution in [2.24, 2.45) is 0 Å². The van der Waals surface area contributed by atoms with E-state index in [1.54, 1.807) is 0 Å². The Bertz CT molecular complexity index is 696. The van der Waals surface area contributed by atoms with Crippen LogP contribution in [0.25, 0.3) is 6.08 Å². The molecule has 1 saturated heterocycles. The number of ether oxygens (including phenoxy) is 1. The second-order valence-corrected chi connectivity index (χ2v) is 4.74. The summed E-state index contributed by atoms with van der Waals surface area (Å²) < 4.78 is 5.73. The van der Waals surface area contributed by atoms with Crippen LogP contribution < -0.4 is 15.4 Å². The Hall–Kier alpha value is -2.89. The fourth-order valence-corrected chi connectivity index (χ4v) is 2.19. The number of para-hydroxylation sites is 1. The number of carbonyl (C=O) groups excluding carboxylic acids is 3. The van der Waals surface area contributed by atoms with Crippen LogP contribution in [0.15, 0.2) is 41.5 Å². The van der Waals surface area contributed by atoms with Crippen molar-refractivity contribution < 1.29 is 19.1 Å². The minimum Gasteiger partial charge on any atom is -0.485 e. The van der Waals surface area contributed by atoms with Crippen LogP contribution in [0.4, 0.5) is 4.79 Å². The van der Waals surface area contributed by atoms with Crippen LogP contribution in [0.5, 0.6) is 5.75 Å². The van der Waals surface area contributed by atoms with Crippen LogP contribution in [0.3, 0.4) is 0 Å². The van der Waals surface area contributed by atoms with Gasteiger partial charge in [-0.3, -0.25) is 20.2 Å². The number of benzene rings is 1. The quantitative estimate of drug-likeness (QED) is 0.598. The summed E-state index contributed by atoms with van der Waals surface area (Å²) in [5.74, 6) is -0.675. The fraction of sp³-hybridized carbons (Fsp3) is 0.133. The summed E-state index contributed by atoms with van der Waals surface area (Å²) in [6, 6.07) is 6.67. The zero-order chi connectivity index (χ0) is 15.0. The molecule has 2 aliphatic heterocycles. The molecule has 106 valence electrons. The molecule has 2 heterocycles. The van der Waals surface area contributed by atoms with Crippen LogP contribution in [-0.4, -0.2) is 23.9 Å². The average Bonchev–Trinajstić information content (AvgIpc) is 2.43. The highest BCUT2D eigenvalue weighted by Gasteiger charge is 2.29. The summed E-state index contributed by atoms with van der Waals surface area (Å²) in [5, 5.41) is 4.07. The summed E-state index contributed by atoms with van der Waals surface area (Å²) in [6.07, 6.45) is 3.00. The van der Waals surface area contributed by atoms with E-state index in [2.05, 4.69) is 0 Å². The van der Waals surface area contributed by atoms with Gasteiger partial charge in [-0.25, -0.2) is 4.79 Å². The third kappa shape index (κ3) is 2.43. The highest BCUT2D eigenvalue weighted by Crippen LogP contribution is 2.30. The number of rotatable bonds is 1. The molecule has 0 aliphatic carbocycles. The summed E-state index contributed by atoms with van der Waals surface area (Å²) in [4.78, 5) is 34.4. The third-order valence-corrected chi connectivity index (χ3v) is 3.27. The van der Waals surface area contributed by atoms with Crippen LogP contribution in [-0.2, 0) is 9.59 Å². The van der Waals surface area contributed by atoms with E-state index in [4.69, 9.17) is 4.74 Å². The number of barbiturate groups is 1. The van der Waals surface area contributed by atoms with Gasteiger partial charge < -0.3 is 4.74 Å². The lowest BCUT2D eigenvalue weighted by Crippen LogP contribution is -2.51. The van der Waals surface area contributed by atoms with E-state index in [0.717, 1.165) is 11.3 Å². The van der Waals surface area contributed by atoms with Crippen molar-refractivity contribution in [1.29, 1.82) is 0 Å². The first kappa shape index (κ1) is 13.1. The highest BCUT2D eigenvalue weighted by atomic mass is 16.5. The molecule has 0 bridgehead atoms. The van der Waals surface area contributed by atoms with Gasteiger partial charge in [-0.05, 0) is 30.7 Å². The van der Waals surface area contributed by atoms with Crippen molar-refractivity contribution >= 4 is 23.9 Å². The molecule has 1 aromatic rings. The van der Waals surface area contributed by atoms with Gasteiger partial charge in [-0.1, -0.05) is 18.2 Å². The number of fused-ring (bicyclic) bond motifs is 1. The van der Waals surface area contributed by atoms with E-state index in [0.29, 0.717) is 5.57 Å². The Morgan fingerprint density at radius 3 is 2.48 bits per heavy atom. The minimum absolute atomic E-state index is 0.115. The number of imide groups is 2. The van der Waals surface area contributed by atoms with Crippen LogP contribution >= 0.6 is 0 Å². The Kier molecular flexibility index (Phi) is 3.06. The van der Waals surface area contributed by atoms with Gasteiger partial charge in [0.05, 0.1) is 0 Å². The van der Waals surface area contributed by atoms with Crippen LogP contribution in [0.2, 0.25) is 0 Å². The van der Waals surface area contributed by atoms with Gasteiger partial charge in [-0.2, -0.15) is 0 Å². The first-order valence-electron chi connectivity index (χ1n) is 6.40. The number of carbonyl (C=O) groups is 3. The maximum Gasteiger partial charge on any atom is 0.328 e. The molecule has 1 aromatic carbocycles. The van der Waals surface area contributed by atoms with E-state index >= 15 is 0 Å². The molecule has 3 rings (SSSR count). The van der Waals surface area contributed by atoms with E-state index in [-0.39, 0.29) is 11.7 Å². The lowest BCUT2D eigenvalue weighted by atomic mass is 9.99. The molecule has 1 fully saturated rings. The fourth-order valence-electron chi connectivity index (χ4n) is 2.19. The van der Waals surface area contributed by atoms with Gasteiger partial charge in [0.25, 0.3) is 11.8 Å². The highest BCUT2D eigenvalue weighted by molar-refractivity contribution is 6.29. The summed E-state index contributed by atoms with van der Waals surface area (Å²) in [7, 11) is 0. The van der Waals surface area contributed by atoms with Crippen molar-refractivity contribution in [3.63, 3.8) is 0 Å². The van der Waals surface area contributed by atoms with Crippen molar-refractivity contribution in [3.8, 4) is 5.75 Å². The molecular weight excluding hydrogens is 272 g/mol. The molecule has 1 atom stereocenters. The molecule has 6 nitrogen and oxygen atoms in total. The Balaban J connectivity index is 1.99. The SMILES string of the molecule is CC1Oc2ccccc2C=C1C=C1C(=O)NC(=O)NC1=O. The summed E-state index contributed by atoms with van der Waals surface area (Å²) in [6.45, 7) is 1.82. The number of hydrogen-bond donors (Lipinski definition) is 2. The summed E-state index contributed by atoms with van der Waals surface area (Å²) >= 11 is 0. The lowest BCUT2D eigenvalue weighted by molar-refractivity contribution is -0.124. The van der Waals surface area contributed by atoms with Gasteiger partial charge in [0, 0.05) is 5.56 Å². The maximum absolute atomic E-state index is 11.7. The normalized spacial score (nSPS) is 20.8. The van der Waals surface area contributed by atoms with E-state index in [1.807, 2.05) is 47.9 Å². The molecule has 2 N–H and O–H groups in total. The predicted molar refractivity (Wildman–Crippen MR) is 74.3 cm³/mol. The monoisotopic (exact) mass is 284 g/mol. The van der Waals surface area contributed by atoms with Crippen molar-refractivity contribution in [2.45, 2.75) is 13.0 Å². The smallest absolute Gasteiger partial charge is 0.328 e. The lowest BCUT2D eigenvalue weighted by Gasteiger charge is -2.23. The molecule has 2 aliphatic rings. The molecule has 4 amide bonds. The zero-order valence-electron chi connectivity index (χ0n) is 11.2. The second kappa shape index (κ2) is 4.90. The molecule has 0 aromatic heterocycles. The Morgan fingerprint density at radius 2 is 1.76 bits per heavy atom.